The van der Waals surface area contributed by atoms with Crippen molar-refractivity contribution in [3.8, 4) is 0 Å². The maximum absolute atomic E-state index is 11.4. The zero-order valence-electron chi connectivity index (χ0n) is 9.20. The highest BCUT2D eigenvalue weighted by Gasteiger charge is 2.21. The molecular formula is C11H21NOS. The molecule has 2 nitrogen and oxygen atoms in total. The molecule has 3 heteroatoms. The van der Waals surface area contributed by atoms with Crippen molar-refractivity contribution in [2.45, 2.75) is 33.1 Å². The van der Waals surface area contributed by atoms with Crippen molar-refractivity contribution in [1.29, 1.82) is 0 Å². The fourth-order valence-electron chi connectivity index (χ4n) is 2.14. The molecule has 0 spiro atoms. The van der Waals surface area contributed by atoms with Crippen LogP contribution in [0.15, 0.2) is 0 Å². The first-order chi connectivity index (χ1) is 6.65. The molecule has 1 unspecified atom stereocenters. The van der Waals surface area contributed by atoms with E-state index >= 15 is 0 Å². The normalized spacial score (nSPS) is 23.7. The topological polar surface area (TPSA) is 20.3 Å². The van der Waals surface area contributed by atoms with Crippen molar-refractivity contribution >= 4 is 18.5 Å². The lowest BCUT2D eigenvalue weighted by Gasteiger charge is -2.20. The molecule has 0 aromatic carbocycles. The molecule has 0 saturated carbocycles. The van der Waals surface area contributed by atoms with Crippen molar-refractivity contribution in [3.63, 3.8) is 0 Å². The molecule has 14 heavy (non-hydrogen) atoms. The highest BCUT2D eigenvalue weighted by molar-refractivity contribution is 7.81. The Morgan fingerprint density at radius 1 is 1.43 bits per heavy atom. The molecule has 0 aromatic heterocycles. The quantitative estimate of drug-likeness (QED) is 0.700. The van der Waals surface area contributed by atoms with E-state index < -0.39 is 0 Å². The summed E-state index contributed by atoms with van der Waals surface area (Å²) in [6, 6.07) is 0. The van der Waals surface area contributed by atoms with Crippen LogP contribution in [0.3, 0.4) is 0 Å². The van der Waals surface area contributed by atoms with Crippen LogP contribution in [-0.2, 0) is 4.79 Å². The van der Waals surface area contributed by atoms with Crippen molar-refractivity contribution in [2.75, 3.05) is 18.8 Å². The average molecular weight is 215 g/mol. The van der Waals surface area contributed by atoms with E-state index in [4.69, 9.17) is 0 Å². The van der Waals surface area contributed by atoms with E-state index in [9.17, 15) is 4.79 Å². The van der Waals surface area contributed by atoms with E-state index in [1.54, 1.807) is 0 Å². The van der Waals surface area contributed by atoms with E-state index in [2.05, 4.69) is 26.5 Å². The Balaban J connectivity index is 2.44. The predicted octanol–water partition coefficient (Wildman–Crippen LogP) is 2.20. The van der Waals surface area contributed by atoms with Gasteiger partial charge in [0.25, 0.3) is 0 Å². The molecule has 82 valence electrons. The molecule has 1 aliphatic heterocycles. The van der Waals surface area contributed by atoms with Gasteiger partial charge in [-0.2, -0.15) is 12.6 Å². The number of amides is 1. The summed E-state index contributed by atoms with van der Waals surface area (Å²) in [7, 11) is 0. The lowest BCUT2D eigenvalue weighted by atomic mass is 9.89. The number of thiol groups is 1. The van der Waals surface area contributed by atoms with E-state index in [1.165, 1.54) is 6.42 Å². The van der Waals surface area contributed by atoms with Gasteiger partial charge in [-0.05, 0) is 31.1 Å². The molecule has 1 atom stereocenters. The second-order valence-electron chi connectivity index (χ2n) is 4.47. The zero-order valence-corrected chi connectivity index (χ0v) is 10.1. The monoisotopic (exact) mass is 215 g/mol. The molecule has 0 N–H and O–H groups in total. The Bertz CT molecular complexity index is 194. The average Bonchev–Trinajstić information content (AvgIpc) is 2.41. The molecule has 1 amide bonds. The third kappa shape index (κ3) is 3.19. The van der Waals surface area contributed by atoms with Crippen LogP contribution in [0.4, 0.5) is 0 Å². The van der Waals surface area contributed by atoms with Crippen molar-refractivity contribution < 1.29 is 4.79 Å². The Morgan fingerprint density at radius 2 is 2.14 bits per heavy atom. The molecule has 0 aliphatic carbocycles. The summed E-state index contributed by atoms with van der Waals surface area (Å²) in [5.41, 5.74) is 0. The molecule has 1 fully saturated rings. The Labute approximate surface area is 92.5 Å². The maximum Gasteiger partial charge on any atom is 0.232 e. The number of rotatable bonds is 2. The summed E-state index contributed by atoms with van der Waals surface area (Å²) < 4.78 is 0. The molecule has 0 bridgehead atoms. The Kier molecular flexibility index (Phi) is 4.79. The molecule has 1 rings (SSSR count). The summed E-state index contributed by atoms with van der Waals surface area (Å²) in [4.78, 5) is 13.4. The van der Waals surface area contributed by atoms with Crippen LogP contribution in [0.2, 0.25) is 0 Å². The van der Waals surface area contributed by atoms with Gasteiger partial charge in [0.15, 0.2) is 0 Å². The summed E-state index contributed by atoms with van der Waals surface area (Å²) in [5.74, 6) is 2.10. The molecule has 1 saturated heterocycles. The second-order valence-corrected chi connectivity index (χ2v) is 4.79. The van der Waals surface area contributed by atoms with Crippen LogP contribution in [0.5, 0.6) is 0 Å². The van der Waals surface area contributed by atoms with Crippen molar-refractivity contribution in [1.82, 2.24) is 4.90 Å². The Hall–Kier alpha value is -0.180. The minimum atomic E-state index is 0.192. The van der Waals surface area contributed by atoms with Gasteiger partial charge in [0, 0.05) is 13.1 Å². The van der Waals surface area contributed by atoms with E-state index in [0.717, 1.165) is 37.8 Å². The smallest absolute Gasteiger partial charge is 0.232 e. The van der Waals surface area contributed by atoms with Crippen LogP contribution in [-0.4, -0.2) is 29.6 Å². The largest absolute Gasteiger partial charge is 0.342 e. The third-order valence-corrected chi connectivity index (χ3v) is 3.47. The first kappa shape index (κ1) is 11.9. The maximum atomic E-state index is 11.4. The first-order valence-electron chi connectivity index (χ1n) is 5.53. The second kappa shape index (κ2) is 5.64. The van der Waals surface area contributed by atoms with E-state index in [1.807, 2.05) is 4.90 Å². The fraction of sp³-hybridized carbons (Fsp3) is 0.909. The van der Waals surface area contributed by atoms with Crippen molar-refractivity contribution in [2.24, 2.45) is 11.8 Å². The van der Waals surface area contributed by atoms with Gasteiger partial charge in [-0.15, -0.1) is 0 Å². The van der Waals surface area contributed by atoms with Crippen LogP contribution in [0.25, 0.3) is 0 Å². The molecule has 1 heterocycles. The molecule has 0 aromatic rings. The van der Waals surface area contributed by atoms with Crippen LogP contribution in [0, 0.1) is 11.8 Å². The number of carbonyl (C=O) groups is 1. The molecule has 1 aliphatic rings. The minimum Gasteiger partial charge on any atom is -0.342 e. The van der Waals surface area contributed by atoms with Gasteiger partial charge in [-0.25, -0.2) is 0 Å². The van der Waals surface area contributed by atoms with Gasteiger partial charge in [-0.3, -0.25) is 4.79 Å². The standard InChI is InChI=1S/C11H21NOS/c1-9(2)10-4-3-6-12(7-5-10)11(13)8-14/h9-10,14H,3-8H2,1-2H3. The predicted molar refractivity (Wildman–Crippen MR) is 62.6 cm³/mol. The number of hydrogen-bond acceptors (Lipinski definition) is 2. The number of hydrogen-bond donors (Lipinski definition) is 1. The summed E-state index contributed by atoms with van der Waals surface area (Å²) >= 11 is 4.03. The highest BCUT2D eigenvalue weighted by atomic mass is 32.1. The number of carbonyl (C=O) groups excluding carboxylic acids is 1. The van der Waals surface area contributed by atoms with Crippen molar-refractivity contribution in [3.05, 3.63) is 0 Å². The number of nitrogens with zero attached hydrogens (tertiary/aromatic N) is 1. The highest BCUT2D eigenvalue weighted by Crippen LogP contribution is 2.24. The van der Waals surface area contributed by atoms with E-state index in [0.29, 0.717) is 5.75 Å². The van der Waals surface area contributed by atoms with Crippen LogP contribution in [0.1, 0.15) is 33.1 Å². The zero-order chi connectivity index (χ0) is 10.6. The summed E-state index contributed by atoms with van der Waals surface area (Å²) in [5, 5.41) is 0. The molecule has 0 radical (unpaired) electrons. The first-order valence-corrected chi connectivity index (χ1v) is 6.17. The van der Waals surface area contributed by atoms with Gasteiger partial charge in [0.05, 0.1) is 5.75 Å². The van der Waals surface area contributed by atoms with E-state index in [-0.39, 0.29) is 5.91 Å². The van der Waals surface area contributed by atoms with Crippen LogP contribution < -0.4 is 0 Å². The third-order valence-electron chi connectivity index (χ3n) is 3.20. The SMILES string of the molecule is CC(C)C1CCCN(C(=O)CS)CC1. The number of likely N-dealkylation sites (tertiary alicyclic amines) is 1. The Morgan fingerprint density at radius 3 is 2.71 bits per heavy atom. The van der Waals surface area contributed by atoms with Gasteiger partial charge in [0.1, 0.15) is 0 Å². The van der Waals surface area contributed by atoms with Gasteiger partial charge in [0.2, 0.25) is 5.91 Å². The lowest BCUT2D eigenvalue weighted by Crippen LogP contribution is -2.33. The minimum absolute atomic E-state index is 0.192. The summed E-state index contributed by atoms with van der Waals surface area (Å²) in [6.07, 6.45) is 3.59. The lowest BCUT2D eigenvalue weighted by molar-refractivity contribution is -0.128. The van der Waals surface area contributed by atoms with Gasteiger partial charge in [-0.1, -0.05) is 13.8 Å². The summed E-state index contributed by atoms with van der Waals surface area (Å²) in [6.45, 7) is 6.42. The van der Waals surface area contributed by atoms with Gasteiger partial charge >= 0.3 is 0 Å². The fourth-order valence-corrected chi connectivity index (χ4v) is 2.34. The van der Waals surface area contributed by atoms with Gasteiger partial charge < -0.3 is 4.90 Å². The molecular weight excluding hydrogens is 194 g/mol. The van der Waals surface area contributed by atoms with Crippen LogP contribution >= 0.6 is 12.6 Å².